The topological polar surface area (TPSA) is 51.0 Å². The van der Waals surface area contributed by atoms with E-state index in [4.69, 9.17) is 0 Å². The number of benzene rings is 1. The van der Waals surface area contributed by atoms with E-state index in [2.05, 4.69) is 17.2 Å². The summed E-state index contributed by atoms with van der Waals surface area (Å²) in [5.41, 5.74) is 1.58. The van der Waals surface area contributed by atoms with Gasteiger partial charge in [0.05, 0.1) is 12.7 Å². The number of hydrogen-bond donors (Lipinski definition) is 0. The lowest BCUT2D eigenvalue weighted by Gasteiger charge is -2.35. The molecule has 3 rings (SSSR count). The Hall–Kier alpha value is -2.17. The van der Waals surface area contributed by atoms with Crippen LogP contribution in [0.2, 0.25) is 0 Å². The summed E-state index contributed by atoms with van der Waals surface area (Å²) in [5.74, 6) is 0.528. The van der Waals surface area contributed by atoms with E-state index in [1.807, 2.05) is 42.3 Å². The molecule has 1 aliphatic carbocycles. The van der Waals surface area contributed by atoms with Gasteiger partial charge < -0.3 is 4.90 Å². The Morgan fingerprint density at radius 2 is 2.00 bits per heavy atom. The summed E-state index contributed by atoms with van der Waals surface area (Å²) in [6, 6.07) is 10.4. The quantitative estimate of drug-likeness (QED) is 0.872. The van der Waals surface area contributed by atoms with Crippen molar-refractivity contribution in [2.24, 2.45) is 5.92 Å². The van der Waals surface area contributed by atoms with Crippen LogP contribution >= 0.6 is 0 Å². The van der Waals surface area contributed by atoms with Crippen molar-refractivity contribution in [3.8, 4) is 0 Å². The number of hydrogen-bond acceptors (Lipinski definition) is 3. The molecule has 1 amide bonds. The van der Waals surface area contributed by atoms with Gasteiger partial charge in [0, 0.05) is 13.1 Å². The first-order valence-corrected chi connectivity index (χ1v) is 8.36. The van der Waals surface area contributed by atoms with Gasteiger partial charge in [0.25, 0.3) is 5.91 Å². The molecule has 2 atom stereocenters. The van der Waals surface area contributed by atoms with Crippen molar-refractivity contribution in [3.05, 3.63) is 47.8 Å². The average Bonchev–Trinajstić information content (AvgIpc) is 3.03. The number of aromatic nitrogens is 3. The number of rotatable bonds is 4. The van der Waals surface area contributed by atoms with E-state index in [-0.39, 0.29) is 5.91 Å². The molecule has 0 bridgehead atoms. The minimum absolute atomic E-state index is 0.0249. The molecule has 5 heteroatoms. The molecule has 0 spiro atoms. The molecule has 0 aliphatic heterocycles. The zero-order valence-electron chi connectivity index (χ0n) is 13.9. The fourth-order valence-electron chi connectivity index (χ4n) is 3.45. The summed E-state index contributed by atoms with van der Waals surface area (Å²) < 4.78 is 1.72. The molecule has 5 nitrogen and oxygen atoms in total. The molecule has 122 valence electrons. The summed E-state index contributed by atoms with van der Waals surface area (Å²) in [5, 5.41) is 8.17. The zero-order chi connectivity index (χ0) is 16.2. The molecule has 1 aliphatic rings. The molecule has 1 heterocycles. The van der Waals surface area contributed by atoms with Gasteiger partial charge in [-0.2, -0.15) is 0 Å². The number of carbonyl (C=O) groups is 1. The maximum Gasteiger partial charge on any atom is 0.276 e. The molecule has 1 aromatic heterocycles. The predicted octanol–water partition coefficient (Wildman–Crippen LogP) is 2.98. The Bertz CT molecular complexity index is 652. The third kappa shape index (κ3) is 3.60. The molecule has 23 heavy (non-hydrogen) atoms. The minimum atomic E-state index is -0.0249. The molecule has 1 saturated carbocycles. The van der Waals surface area contributed by atoms with Crippen molar-refractivity contribution in [2.45, 2.75) is 45.2 Å². The molecule has 2 aromatic rings. The highest BCUT2D eigenvalue weighted by Gasteiger charge is 2.29. The lowest BCUT2D eigenvalue weighted by atomic mass is 9.85. The summed E-state index contributed by atoms with van der Waals surface area (Å²) >= 11 is 0. The second-order valence-corrected chi connectivity index (χ2v) is 6.53. The Kier molecular flexibility index (Phi) is 4.74. The van der Waals surface area contributed by atoms with Crippen molar-refractivity contribution in [2.75, 3.05) is 7.05 Å². The molecular weight excluding hydrogens is 288 g/mol. The summed E-state index contributed by atoms with van der Waals surface area (Å²) in [6.45, 7) is 2.87. The summed E-state index contributed by atoms with van der Waals surface area (Å²) in [7, 11) is 1.89. The molecule has 1 aromatic carbocycles. The van der Waals surface area contributed by atoms with Crippen molar-refractivity contribution in [1.82, 2.24) is 19.9 Å². The van der Waals surface area contributed by atoms with E-state index in [0.717, 1.165) is 12.0 Å². The molecule has 0 N–H and O–H groups in total. The van der Waals surface area contributed by atoms with E-state index in [0.29, 0.717) is 24.2 Å². The summed E-state index contributed by atoms with van der Waals surface area (Å²) in [6.07, 6.45) is 6.50. The predicted molar refractivity (Wildman–Crippen MR) is 89.1 cm³/mol. The second kappa shape index (κ2) is 6.94. The normalized spacial score (nSPS) is 21.1. The van der Waals surface area contributed by atoms with Gasteiger partial charge in [0.2, 0.25) is 0 Å². The summed E-state index contributed by atoms with van der Waals surface area (Å²) in [4.78, 5) is 14.5. The number of carbonyl (C=O) groups excluding carboxylic acids is 1. The highest BCUT2D eigenvalue weighted by Crippen LogP contribution is 2.28. The van der Waals surface area contributed by atoms with Crippen LogP contribution in [0.1, 0.15) is 48.7 Å². The molecule has 1 fully saturated rings. The molecule has 0 saturated heterocycles. The van der Waals surface area contributed by atoms with Gasteiger partial charge >= 0.3 is 0 Å². The van der Waals surface area contributed by atoms with E-state index in [1.54, 1.807) is 10.9 Å². The highest BCUT2D eigenvalue weighted by atomic mass is 16.2. The van der Waals surface area contributed by atoms with Crippen molar-refractivity contribution in [3.63, 3.8) is 0 Å². The first-order valence-electron chi connectivity index (χ1n) is 8.36. The van der Waals surface area contributed by atoms with Crippen molar-refractivity contribution < 1.29 is 4.79 Å². The Morgan fingerprint density at radius 3 is 2.74 bits per heavy atom. The van der Waals surface area contributed by atoms with Crippen molar-refractivity contribution >= 4 is 5.91 Å². The smallest absolute Gasteiger partial charge is 0.276 e. The van der Waals surface area contributed by atoms with Gasteiger partial charge in [-0.05, 0) is 24.3 Å². The maximum atomic E-state index is 12.7. The van der Waals surface area contributed by atoms with Gasteiger partial charge in [-0.15, -0.1) is 5.10 Å². The number of amides is 1. The lowest BCUT2D eigenvalue weighted by Crippen LogP contribution is -2.42. The van der Waals surface area contributed by atoms with Crippen LogP contribution in [-0.4, -0.2) is 38.9 Å². The highest BCUT2D eigenvalue weighted by molar-refractivity contribution is 5.92. The van der Waals surface area contributed by atoms with Crippen LogP contribution in [0, 0.1) is 5.92 Å². The van der Waals surface area contributed by atoms with Gasteiger partial charge in [-0.3, -0.25) is 4.79 Å². The fourth-order valence-corrected chi connectivity index (χ4v) is 3.45. The molecule has 2 unspecified atom stereocenters. The standard InChI is InChI=1S/C18H24N4O/c1-14-8-6-7-11-17(14)21(2)18(23)16-13-22(20-19-16)12-15-9-4-3-5-10-15/h3-5,9-10,13-14,17H,6-8,11-12H2,1-2H3. The van der Waals surface area contributed by atoms with E-state index < -0.39 is 0 Å². The van der Waals surface area contributed by atoms with Crippen LogP contribution in [0.3, 0.4) is 0 Å². The Morgan fingerprint density at radius 1 is 1.26 bits per heavy atom. The lowest BCUT2D eigenvalue weighted by molar-refractivity contribution is 0.0623. The second-order valence-electron chi connectivity index (χ2n) is 6.53. The fraction of sp³-hybridized carbons (Fsp3) is 0.500. The van der Waals surface area contributed by atoms with Crippen molar-refractivity contribution in [1.29, 1.82) is 0 Å². The first kappa shape index (κ1) is 15.7. The molecular formula is C18H24N4O. The maximum absolute atomic E-state index is 12.7. The minimum Gasteiger partial charge on any atom is -0.337 e. The van der Waals surface area contributed by atoms with Crippen LogP contribution in [0.25, 0.3) is 0 Å². The average molecular weight is 312 g/mol. The monoisotopic (exact) mass is 312 g/mol. The van der Waals surface area contributed by atoms with Crippen LogP contribution < -0.4 is 0 Å². The number of nitrogens with zero attached hydrogens (tertiary/aromatic N) is 4. The third-order valence-electron chi connectivity index (χ3n) is 4.83. The third-order valence-corrected chi connectivity index (χ3v) is 4.83. The largest absolute Gasteiger partial charge is 0.337 e. The van der Waals surface area contributed by atoms with Crippen LogP contribution in [-0.2, 0) is 6.54 Å². The van der Waals surface area contributed by atoms with E-state index in [1.165, 1.54) is 19.3 Å². The van der Waals surface area contributed by atoms with Crippen LogP contribution in [0.4, 0.5) is 0 Å². The Labute approximate surface area is 137 Å². The van der Waals surface area contributed by atoms with Gasteiger partial charge in [0.15, 0.2) is 5.69 Å². The zero-order valence-corrected chi connectivity index (χ0v) is 13.9. The van der Waals surface area contributed by atoms with Gasteiger partial charge in [0.1, 0.15) is 0 Å². The van der Waals surface area contributed by atoms with E-state index >= 15 is 0 Å². The Balaban J connectivity index is 1.68. The van der Waals surface area contributed by atoms with Crippen LogP contribution in [0.5, 0.6) is 0 Å². The van der Waals surface area contributed by atoms with E-state index in [9.17, 15) is 4.79 Å². The van der Waals surface area contributed by atoms with Crippen LogP contribution in [0.15, 0.2) is 36.5 Å². The first-order chi connectivity index (χ1) is 11.1. The van der Waals surface area contributed by atoms with Gasteiger partial charge in [-0.25, -0.2) is 4.68 Å². The SMILES string of the molecule is CC1CCCCC1N(C)C(=O)c1cn(Cc2ccccc2)nn1. The molecule has 0 radical (unpaired) electrons. The van der Waals surface area contributed by atoms with Gasteiger partial charge in [-0.1, -0.05) is 55.3 Å².